The molecule has 0 radical (unpaired) electrons. The third kappa shape index (κ3) is 4.61. The summed E-state index contributed by atoms with van der Waals surface area (Å²) in [4.78, 5) is 12.2. The largest absolute Gasteiger partial charge is 0.449 e. The van der Waals surface area contributed by atoms with Crippen LogP contribution in [0.2, 0.25) is 5.02 Å². The molecule has 0 heterocycles. The van der Waals surface area contributed by atoms with E-state index < -0.39 is 6.09 Å². The number of alkyl carbamates (subject to hydrolysis) is 1. The molecule has 0 saturated carbocycles. The third-order valence-electron chi connectivity index (χ3n) is 5.18. The molecule has 0 aliphatic heterocycles. The van der Waals surface area contributed by atoms with Gasteiger partial charge in [-0.25, -0.2) is 4.79 Å². The summed E-state index contributed by atoms with van der Waals surface area (Å²) in [5.41, 5.74) is 5.87. The van der Waals surface area contributed by atoms with E-state index in [9.17, 15) is 4.79 Å². The van der Waals surface area contributed by atoms with Gasteiger partial charge < -0.3 is 10.1 Å². The number of carbonyl (C=O) groups excluding carboxylic acids is 1. The number of fused-ring (bicyclic) bond motifs is 3. The van der Waals surface area contributed by atoms with Gasteiger partial charge in [0.15, 0.2) is 0 Å². The molecule has 3 aromatic rings. The van der Waals surface area contributed by atoms with Crippen LogP contribution in [0.4, 0.5) is 4.79 Å². The summed E-state index contributed by atoms with van der Waals surface area (Å²) in [5, 5.41) is 3.51. The SMILES string of the molecule is O=C(NCCC=Cc1cc(Cl)ccc1Br)OCC1c2ccccc2-c2ccccc21. The molecule has 3 aromatic carbocycles. The molecule has 1 N–H and O–H groups in total. The summed E-state index contributed by atoms with van der Waals surface area (Å²) >= 11 is 9.52. The number of hydrogen-bond acceptors (Lipinski definition) is 2. The zero-order chi connectivity index (χ0) is 20.9. The van der Waals surface area contributed by atoms with Crippen molar-refractivity contribution in [3.8, 4) is 11.1 Å². The van der Waals surface area contributed by atoms with E-state index in [1.54, 1.807) is 0 Å². The minimum absolute atomic E-state index is 0.0724. The Kier molecular flexibility index (Phi) is 6.56. The Morgan fingerprint density at radius 3 is 2.40 bits per heavy atom. The van der Waals surface area contributed by atoms with Crippen LogP contribution < -0.4 is 5.32 Å². The molecular formula is C25H21BrClNO2. The Bertz CT molecular complexity index is 1050. The van der Waals surface area contributed by atoms with Gasteiger partial charge in [-0.15, -0.1) is 0 Å². The van der Waals surface area contributed by atoms with Crippen molar-refractivity contribution in [2.45, 2.75) is 12.3 Å². The fourth-order valence-corrected chi connectivity index (χ4v) is 4.32. The van der Waals surface area contributed by atoms with Gasteiger partial charge in [0.05, 0.1) is 0 Å². The van der Waals surface area contributed by atoms with Gasteiger partial charge in [0, 0.05) is 22.0 Å². The first-order chi connectivity index (χ1) is 14.6. The zero-order valence-corrected chi connectivity index (χ0v) is 18.6. The Morgan fingerprint density at radius 1 is 1.03 bits per heavy atom. The average Bonchev–Trinajstić information content (AvgIpc) is 3.08. The van der Waals surface area contributed by atoms with Crippen LogP contribution in [0.15, 0.2) is 77.3 Å². The van der Waals surface area contributed by atoms with Crippen molar-refractivity contribution in [3.63, 3.8) is 0 Å². The Balaban J connectivity index is 1.28. The van der Waals surface area contributed by atoms with E-state index in [1.807, 2.05) is 54.6 Å². The van der Waals surface area contributed by atoms with Crippen molar-refractivity contribution in [3.05, 3.63) is 99.0 Å². The standard InChI is InChI=1S/C25H21BrClNO2/c26-24-13-12-18(27)15-17(24)7-5-6-14-28-25(29)30-16-23-21-10-3-1-8-19(21)20-9-2-4-11-22(20)23/h1-5,7-13,15,23H,6,14,16H2,(H,28,29). The summed E-state index contributed by atoms with van der Waals surface area (Å²) in [6, 6.07) is 22.3. The van der Waals surface area contributed by atoms with Crippen LogP contribution in [0, 0.1) is 0 Å². The first-order valence-corrected chi connectivity index (χ1v) is 11.0. The molecule has 30 heavy (non-hydrogen) atoms. The molecule has 0 fully saturated rings. The molecule has 0 bridgehead atoms. The molecule has 0 atom stereocenters. The third-order valence-corrected chi connectivity index (χ3v) is 6.14. The first-order valence-electron chi connectivity index (χ1n) is 9.84. The fourth-order valence-electron chi connectivity index (χ4n) is 3.76. The lowest BCUT2D eigenvalue weighted by Crippen LogP contribution is -2.26. The summed E-state index contributed by atoms with van der Waals surface area (Å²) in [6.07, 6.45) is 4.28. The van der Waals surface area contributed by atoms with Crippen LogP contribution in [-0.2, 0) is 4.74 Å². The van der Waals surface area contributed by atoms with Crippen molar-refractivity contribution in [1.29, 1.82) is 0 Å². The molecule has 1 amide bonds. The van der Waals surface area contributed by atoms with Crippen molar-refractivity contribution in [2.24, 2.45) is 0 Å². The molecule has 5 heteroatoms. The number of benzene rings is 3. The van der Waals surface area contributed by atoms with E-state index in [4.69, 9.17) is 16.3 Å². The Labute approximate surface area is 189 Å². The van der Waals surface area contributed by atoms with Crippen molar-refractivity contribution in [1.82, 2.24) is 5.32 Å². The number of rotatable bonds is 6. The van der Waals surface area contributed by atoms with E-state index in [0.717, 1.165) is 10.0 Å². The quantitative estimate of drug-likeness (QED) is 0.382. The van der Waals surface area contributed by atoms with Gasteiger partial charge in [0.25, 0.3) is 0 Å². The van der Waals surface area contributed by atoms with Crippen molar-refractivity contribution in [2.75, 3.05) is 13.2 Å². The topological polar surface area (TPSA) is 38.3 Å². The van der Waals surface area contributed by atoms with Gasteiger partial charge in [-0.05, 0) is 52.4 Å². The molecule has 0 unspecified atom stereocenters. The number of halogens is 2. The number of hydrogen-bond donors (Lipinski definition) is 1. The smallest absolute Gasteiger partial charge is 0.407 e. The Morgan fingerprint density at radius 2 is 1.70 bits per heavy atom. The van der Waals surface area contributed by atoms with Gasteiger partial charge >= 0.3 is 6.09 Å². The second-order valence-electron chi connectivity index (χ2n) is 7.11. The van der Waals surface area contributed by atoms with Crippen LogP contribution in [0.5, 0.6) is 0 Å². The number of nitrogens with one attached hydrogen (secondary N) is 1. The van der Waals surface area contributed by atoms with Crippen LogP contribution in [-0.4, -0.2) is 19.2 Å². The highest BCUT2D eigenvalue weighted by Gasteiger charge is 2.28. The average molecular weight is 483 g/mol. The van der Waals surface area contributed by atoms with Crippen molar-refractivity contribution < 1.29 is 9.53 Å². The van der Waals surface area contributed by atoms with E-state index in [2.05, 4.69) is 45.5 Å². The molecular weight excluding hydrogens is 462 g/mol. The molecule has 1 aliphatic carbocycles. The predicted molar refractivity (Wildman–Crippen MR) is 126 cm³/mol. The normalized spacial score (nSPS) is 12.6. The van der Waals surface area contributed by atoms with Crippen LogP contribution in [0.1, 0.15) is 29.0 Å². The monoisotopic (exact) mass is 481 g/mol. The highest BCUT2D eigenvalue weighted by Crippen LogP contribution is 2.44. The van der Waals surface area contributed by atoms with E-state index in [-0.39, 0.29) is 5.92 Å². The van der Waals surface area contributed by atoms with E-state index >= 15 is 0 Å². The van der Waals surface area contributed by atoms with Gasteiger partial charge in [-0.2, -0.15) is 0 Å². The van der Waals surface area contributed by atoms with Gasteiger partial charge in [0.1, 0.15) is 6.61 Å². The van der Waals surface area contributed by atoms with Gasteiger partial charge in [-0.1, -0.05) is 88.2 Å². The van der Waals surface area contributed by atoms with E-state index in [1.165, 1.54) is 22.3 Å². The predicted octanol–water partition coefficient (Wildman–Crippen LogP) is 7.04. The maximum absolute atomic E-state index is 12.2. The summed E-state index contributed by atoms with van der Waals surface area (Å²) < 4.78 is 6.52. The molecule has 0 spiro atoms. The number of ether oxygens (including phenoxy) is 1. The minimum Gasteiger partial charge on any atom is -0.449 e. The lowest BCUT2D eigenvalue weighted by Gasteiger charge is -2.14. The molecule has 0 saturated heterocycles. The number of amides is 1. The summed E-state index contributed by atoms with van der Waals surface area (Å²) in [6.45, 7) is 0.830. The van der Waals surface area contributed by atoms with Gasteiger partial charge in [0.2, 0.25) is 0 Å². The van der Waals surface area contributed by atoms with E-state index in [0.29, 0.717) is 24.6 Å². The second-order valence-corrected chi connectivity index (χ2v) is 8.40. The fraction of sp³-hybridized carbons (Fsp3) is 0.160. The molecule has 3 nitrogen and oxygen atoms in total. The minimum atomic E-state index is -0.394. The molecule has 1 aliphatic rings. The molecule has 0 aromatic heterocycles. The first kappa shape index (κ1) is 20.7. The van der Waals surface area contributed by atoms with Crippen LogP contribution >= 0.6 is 27.5 Å². The number of carbonyl (C=O) groups is 1. The van der Waals surface area contributed by atoms with Crippen LogP contribution in [0.3, 0.4) is 0 Å². The maximum atomic E-state index is 12.2. The van der Waals surface area contributed by atoms with Crippen molar-refractivity contribution >= 4 is 39.7 Å². The lowest BCUT2D eigenvalue weighted by atomic mass is 9.98. The Hall–Kier alpha value is -2.56. The molecule has 152 valence electrons. The zero-order valence-electron chi connectivity index (χ0n) is 16.3. The second kappa shape index (κ2) is 9.50. The lowest BCUT2D eigenvalue weighted by molar-refractivity contribution is 0.143. The highest BCUT2D eigenvalue weighted by molar-refractivity contribution is 9.10. The van der Waals surface area contributed by atoms with Crippen LogP contribution in [0.25, 0.3) is 17.2 Å². The highest BCUT2D eigenvalue weighted by atomic mass is 79.9. The summed E-state index contributed by atoms with van der Waals surface area (Å²) in [5.74, 6) is 0.0724. The van der Waals surface area contributed by atoms with Gasteiger partial charge in [-0.3, -0.25) is 0 Å². The maximum Gasteiger partial charge on any atom is 0.407 e. The molecule has 4 rings (SSSR count). The summed E-state index contributed by atoms with van der Waals surface area (Å²) in [7, 11) is 0.